The first kappa shape index (κ1) is 12.0. The van der Waals surface area contributed by atoms with Gasteiger partial charge in [-0.05, 0) is 28.7 Å². The molecule has 3 heteroatoms. The molecule has 0 bridgehead atoms. The van der Waals surface area contributed by atoms with Crippen LogP contribution in [0.5, 0.6) is 0 Å². The van der Waals surface area contributed by atoms with Crippen LogP contribution in [0.15, 0.2) is 18.2 Å². The number of rotatable bonds is 1. The Balaban J connectivity index is 2.07. The molecule has 1 aliphatic rings. The number of carbonyl (C=O) groups is 1. The quantitative estimate of drug-likeness (QED) is 0.756. The summed E-state index contributed by atoms with van der Waals surface area (Å²) >= 11 is 0. The van der Waals surface area contributed by atoms with E-state index < -0.39 is 0 Å². The summed E-state index contributed by atoms with van der Waals surface area (Å²) in [5.41, 5.74) is 8.98. The lowest BCUT2D eigenvalue weighted by molar-refractivity contribution is -0.133. The molecule has 0 radical (unpaired) electrons. The summed E-state index contributed by atoms with van der Waals surface area (Å²) in [5.74, 6) is 0.229. The van der Waals surface area contributed by atoms with E-state index in [1.165, 1.54) is 11.1 Å². The molecule has 2 N–H and O–H groups in total. The van der Waals surface area contributed by atoms with Gasteiger partial charge >= 0.3 is 0 Å². The predicted molar refractivity (Wildman–Crippen MR) is 69.2 cm³/mol. The van der Waals surface area contributed by atoms with E-state index in [0.717, 1.165) is 12.2 Å². The summed E-state index contributed by atoms with van der Waals surface area (Å²) in [5, 5.41) is 0. The minimum absolute atomic E-state index is 0.0465. The van der Waals surface area contributed by atoms with Gasteiger partial charge in [0.25, 0.3) is 0 Å². The normalized spacial score (nSPS) is 14.9. The van der Waals surface area contributed by atoms with Crippen molar-refractivity contribution in [1.82, 2.24) is 4.90 Å². The van der Waals surface area contributed by atoms with Crippen molar-refractivity contribution in [2.24, 2.45) is 5.41 Å². The maximum Gasteiger partial charge on any atom is 0.223 e. The van der Waals surface area contributed by atoms with Crippen molar-refractivity contribution in [3.8, 4) is 0 Å². The Hall–Kier alpha value is -1.51. The van der Waals surface area contributed by atoms with Crippen molar-refractivity contribution in [2.45, 2.75) is 40.3 Å². The maximum atomic E-state index is 12.1. The molecule has 0 spiro atoms. The monoisotopic (exact) mass is 232 g/mol. The molecule has 0 saturated carbocycles. The molecule has 0 aliphatic carbocycles. The summed E-state index contributed by atoms with van der Waals surface area (Å²) in [7, 11) is 0. The van der Waals surface area contributed by atoms with E-state index in [1.807, 2.05) is 23.1 Å². The molecule has 17 heavy (non-hydrogen) atoms. The Morgan fingerprint density at radius 2 is 1.94 bits per heavy atom. The highest BCUT2D eigenvalue weighted by molar-refractivity contribution is 5.77. The van der Waals surface area contributed by atoms with Crippen LogP contribution >= 0.6 is 0 Å². The number of anilines is 1. The average molecular weight is 232 g/mol. The van der Waals surface area contributed by atoms with Crippen molar-refractivity contribution < 1.29 is 4.79 Å². The fourth-order valence-corrected chi connectivity index (χ4v) is 2.16. The van der Waals surface area contributed by atoms with E-state index in [1.54, 1.807) is 0 Å². The van der Waals surface area contributed by atoms with Crippen LogP contribution in [0.2, 0.25) is 0 Å². The molecule has 2 rings (SSSR count). The number of fused-ring (bicyclic) bond motifs is 1. The van der Waals surface area contributed by atoms with Crippen LogP contribution in [0.3, 0.4) is 0 Å². The van der Waals surface area contributed by atoms with Crippen molar-refractivity contribution in [3.05, 3.63) is 29.3 Å². The van der Waals surface area contributed by atoms with Gasteiger partial charge < -0.3 is 10.6 Å². The third kappa shape index (κ3) is 2.78. The van der Waals surface area contributed by atoms with Crippen LogP contribution in [-0.4, -0.2) is 10.8 Å². The molecular weight excluding hydrogens is 212 g/mol. The van der Waals surface area contributed by atoms with Crippen LogP contribution in [0, 0.1) is 5.41 Å². The van der Waals surface area contributed by atoms with E-state index in [0.29, 0.717) is 13.0 Å². The van der Waals surface area contributed by atoms with E-state index in [2.05, 4.69) is 20.8 Å². The Kier molecular flexibility index (Phi) is 2.86. The van der Waals surface area contributed by atoms with Crippen LogP contribution < -0.4 is 5.73 Å². The van der Waals surface area contributed by atoms with Gasteiger partial charge in [-0.3, -0.25) is 4.79 Å². The average Bonchev–Trinajstić information content (AvgIpc) is 2.57. The van der Waals surface area contributed by atoms with Gasteiger partial charge in [0.2, 0.25) is 5.91 Å². The topological polar surface area (TPSA) is 46.3 Å². The van der Waals surface area contributed by atoms with Crippen molar-refractivity contribution in [3.63, 3.8) is 0 Å². The van der Waals surface area contributed by atoms with Gasteiger partial charge in [-0.25, -0.2) is 0 Å². The smallest absolute Gasteiger partial charge is 0.223 e. The summed E-state index contributed by atoms with van der Waals surface area (Å²) in [4.78, 5) is 14.0. The summed E-state index contributed by atoms with van der Waals surface area (Å²) in [6.07, 6.45) is 0.594. The Morgan fingerprint density at radius 3 is 2.59 bits per heavy atom. The van der Waals surface area contributed by atoms with Gasteiger partial charge in [-0.2, -0.15) is 0 Å². The molecule has 1 aromatic rings. The first-order valence-corrected chi connectivity index (χ1v) is 6.00. The number of hydrogen-bond donors (Lipinski definition) is 1. The fraction of sp³-hybridized carbons (Fsp3) is 0.500. The summed E-state index contributed by atoms with van der Waals surface area (Å²) in [6, 6.07) is 5.89. The summed E-state index contributed by atoms with van der Waals surface area (Å²) < 4.78 is 0. The number of hydrogen-bond acceptors (Lipinski definition) is 2. The number of nitrogens with two attached hydrogens (primary N) is 1. The molecule has 1 amide bonds. The van der Waals surface area contributed by atoms with Crippen LogP contribution in [0.1, 0.15) is 38.3 Å². The SMILES string of the molecule is CC(C)(C)CC(=O)N1Cc2ccc(N)cc2C1. The third-order valence-corrected chi connectivity index (χ3v) is 2.99. The molecule has 0 fully saturated rings. The number of carbonyl (C=O) groups excluding carboxylic acids is 1. The van der Waals surface area contributed by atoms with Gasteiger partial charge in [0.05, 0.1) is 0 Å². The lowest BCUT2D eigenvalue weighted by Crippen LogP contribution is -2.28. The van der Waals surface area contributed by atoms with Crippen LogP contribution in [0.25, 0.3) is 0 Å². The minimum atomic E-state index is 0.0465. The first-order valence-electron chi connectivity index (χ1n) is 6.00. The molecule has 0 atom stereocenters. The molecule has 1 heterocycles. The lowest BCUT2D eigenvalue weighted by Gasteiger charge is -2.22. The number of nitrogens with zero attached hydrogens (tertiary/aromatic N) is 1. The summed E-state index contributed by atoms with van der Waals surface area (Å²) in [6.45, 7) is 7.70. The Bertz CT molecular complexity index is 446. The van der Waals surface area contributed by atoms with Gasteiger partial charge in [0.1, 0.15) is 0 Å². The lowest BCUT2D eigenvalue weighted by atomic mass is 9.92. The van der Waals surface area contributed by atoms with Gasteiger partial charge in [-0.1, -0.05) is 26.8 Å². The Labute approximate surface area is 103 Å². The third-order valence-electron chi connectivity index (χ3n) is 2.99. The second kappa shape index (κ2) is 4.06. The molecular formula is C14H20N2O. The minimum Gasteiger partial charge on any atom is -0.399 e. The van der Waals surface area contributed by atoms with E-state index in [4.69, 9.17) is 5.73 Å². The van der Waals surface area contributed by atoms with Crippen molar-refractivity contribution in [1.29, 1.82) is 0 Å². The Morgan fingerprint density at radius 1 is 1.29 bits per heavy atom. The molecule has 0 aromatic heterocycles. The number of benzene rings is 1. The second-order valence-electron chi connectivity index (χ2n) is 6.02. The van der Waals surface area contributed by atoms with Crippen molar-refractivity contribution in [2.75, 3.05) is 5.73 Å². The van der Waals surface area contributed by atoms with Gasteiger partial charge in [0.15, 0.2) is 0 Å². The van der Waals surface area contributed by atoms with Gasteiger partial charge in [0, 0.05) is 25.2 Å². The molecule has 92 valence electrons. The first-order chi connectivity index (χ1) is 7.85. The predicted octanol–water partition coefficient (Wildman–Crippen LogP) is 2.55. The zero-order chi connectivity index (χ0) is 12.6. The van der Waals surface area contributed by atoms with Gasteiger partial charge in [-0.15, -0.1) is 0 Å². The van der Waals surface area contributed by atoms with Crippen molar-refractivity contribution >= 4 is 11.6 Å². The zero-order valence-corrected chi connectivity index (χ0v) is 10.8. The zero-order valence-electron chi connectivity index (χ0n) is 10.8. The number of nitrogen functional groups attached to an aromatic ring is 1. The molecule has 1 aliphatic heterocycles. The van der Waals surface area contributed by atoms with E-state index in [9.17, 15) is 4.79 Å². The largest absolute Gasteiger partial charge is 0.399 e. The molecule has 0 saturated heterocycles. The van der Waals surface area contributed by atoms with E-state index >= 15 is 0 Å². The standard InChI is InChI=1S/C14H20N2O/c1-14(2,3)7-13(17)16-8-10-4-5-12(15)6-11(10)9-16/h4-6H,7-9,15H2,1-3H3. The number of amides is 1. The molecule has 0 unspecified atom stereocenters. The maximum absolute atomic E-state index is 12.1. The second-order valence-corrected chi connectivity index (χ2v) is 6.02. The molecule has 3 nitrogen and oxygen atoms in total. The van der Waals surface area contributed by atoms with Crippen LogP contribution in [-0.2, 0) is 17.9 Å². The fourth-order valence-electron chi connectivity index (χ4n) is 2.16. The highest BCUT2D eigenvalue weighted by Crippen LogP contribution is 2.27. The highest BCUT2D eigenvalue weighted by Gasteiger charge is 2.26. The molecule has 1 aromatic carbocycles. The van der Waals surface area contributed by atoms with E-state index in [-0.39, 0.29) is 11.3 Å². The van der Waals surface area contributed by atoms with Crippen LogP contribution in [0.4, 0.5) is 5.69 Å². The highest BCUT2D eigenvalue weighted by atomic mass is 16.2.